The molecular formula is C20H13F3IN5O2S. The molecule has 0 saturated carbocycles. The number of benzene rings is 1. The van der Waals surface area contributed by atoms with Crippen LogP contribution in [-0.4, -0.2) is 26.6 Å². The van der Waals surface area contributed by atoms with Crippen LogP contribution in [-0.2, 0) is 13.2 Å². The molecule has 1 aromatic carbocycles. The van der Waals surface area contributed by atoms with Gasteiger partial charge in [-0.25, -0.2) is 4.98 Å². The molecule has 0 unspecified atom stereocenters. The van der Waals surface area contributed by atoms with Gasteiger partial charge in [0.25, 0.3) is 11.8 Å². The highest BCUT2D eigenvalue weighted by atomic mass is 127. The van der Waals surface area contributed by atoms with Gasteiger partial charge in [0, 0.05) is 12.4 Å². The molecule has 0 atom stereocenters. The maximum absolute atomic E-state index is 13.5. The number of rotatable bonds is 4. The number of alkyl halides is 3. The predicted octanol–water partition coefficient (Wildman–Crippen LogP) is 4.67. The topological polar surface area (TPSA) is 103 Å². The van der Waals surface area contributed by atoms with Crippen LogP contribution in [0.15, 0.2) is 42.6 Å². The molecule has 164 valence electrons. The van der Waals surface area contributed by atoms with Crippen molar-refractivity contribution < 1.29 is 22.8 Å². The van der Waals surface area contributed by atoms with Gasteiger partial charge in [-0.1, -0.05) is 30.3 Å². The Balaban J connectivity index is 2.00. The Kier molecular flexibility index (Phi) is 5.67. The molecule has 4 rings (SSSR count). The van der Waals surface area contributed by atoms with Gasteiger partial charge in [0.2, 0.25) is 0 Å². The number of carbonyl (C=O) groups excluding carboxylic acids is 2. The molecule has 32 heavy (non-hydrogen) atoms. The Morgan fingerprint density at radius 3 is 2.47 bits per heavy atom. The molecule has 0 fully saturated rings. The van der Waals surface area contributed by atoms with Gasteiger partial charge in [-0.15, -0.1) is 11.3 Å². The van der Waals surface area contributed by atoms with E-state index in [4.69, 9.17) is 5.73 Å². The van der Waals surface area contributed by atoms with E-state index >= 15 is 0 Å². The largest absolute Gasteiger partial charge is 0.433 e. The number of fused-ring (bicyclic) bond motifs is 1. The van der Waals surface area contributed by atoms with Gasteiger partial charge in [0.15, 0.2) is 0 Å². The van der Waals surface area contributed by atoms with E-state index in [1.165, 1.54) is 10.9 Å². The number of nitrogens with zero attached hydrogens (tertiary/aromatic N) is 3. The number of nitrogens with two attached hydrogens (primary N) is 1. The van der Waals surface area contributed by atoms with Gasteiger partial charge in [-0.3, -0.25) is 14.3 Å². The molecule has 4 aromatic rings. The molecule has 12 heteroatoms. The number of hydrogen-bond donors (Lipinski definition) is 2. The third kappa shape index (κ3) is 3.95. The summed E-state index contributed by atoms with van der Waals surface area (Å²) in [6.07, 6.45) is -3.22. The fourth-order valence-electron chi connectivity index (χ4n) is 3.22. The minimum absolute atomic E-state index is 0.0135. The summed E-state index contributed by atoms with van der Waals surface area (Å²) >= 11 is 2.63. The number of nitrogens with one attached hydrogen (secondary N) is 1. The first-order chi connectivity index (χ1) is 15.1. The molecule has 2 amide bonds. The van der Waals surface area contributed by atoms with Crippen LogP contribution >= 0.6 is 33.9 Å². The number of aromatic nitrogens is 3. The summed E-state index contributed by atoms with van der Waals surface area (Å²) in [4.78, 5) is 28.7. The van der Waals surface area contributed by atoms with Crippen LogP contribution in [0.1, 0.15) is 25.9 Å². The molecule has 0 aliphatic heterocycles. The van der Waals surface area contributed by atoms with E-state index in [9.17, 15) is 22.8 Å². The third-order valence-electron chi connectivity index (χ3n) is 4.61. The Morgan fingerprint density at radius 1 is 1.22 bits per heavy atom. The molecule has 0 radical (unpaired) electrons. The van der Waals surface area contributed by atoms with Crippen molar-refractivity contribution >= 4 is 61.6 Å². The molecule has 3 N–H and O–H groups in total. The van der Waals surface area contributed by atoms with Crippen LogP contribution in [0.5, 0.6) is 0 Å². The lowest BCUT2D eigenvalue weighted by Crippen LogP contribution is -2.20. The minimum atomic E-state index is -4.71. The average molecular weight is 571 g/mol. The number of halogens is 4. The second kappa shape index (κ2) is 8.16. The number of thiophene rings is 1. The van der Waals surface area contributed by atoms with Crippen molar-refractivity contribution in [1.82, 2.24) is 14.8 Å². The number of pyridine rings is 1. The van der Waals surface area contributed by atoms with Crippen LogP contribution in [0.3, 0.4) is 0 Å². The van der Waals surface area contributed by atoms with Gasteiger partial charge in [-0.05, 0) is 39.8 Å². The van der Waals surface area contributed by atoms with Crippen LogP contribution in [0.4, 0.5) is 18.9 Å². The summed E-state index contributed by atoms with van der Waals surface area (Å²) in [5.74, 6) is -1.48. The molecule has 0 saturated heterocycles. The van der Waals surface area contributed by atoms with Gasteiger partial charge < -0.3 is 11.1 Å². The second-order valence-corrected chi connectivity index (χ2v) is 8.85. The van der Waals surface area contributed by atoms with Crippen molar-refractivity contribution in [3.05, 3.63) is 62.4 Å². The quantitative estimate of drug-likeness (QED) is 0.348. The van der Waals surface area contributed by atoms with E-state index in [0.717, 1.165) is 6.07 Å². The molecule has 7 nitrogen and oxygen atoms in total. The monoisotopic (exact) mass is 571 g/mol. The Hall–Kier alpha value is -3.00. The Morgan fingerprint density at radius 2 is 1.91 bits per heavy atom. The number of carbonyl (C=O) groups is 2. The predicted molar refractivity (Wildman–Crippen MR) is 122 cm³/mol. The number of primary amides is 1. The zero-order valence-corrected chi connectivity index (χ0v) is 19.2. The van der Waals surface area contributed by atoms with E-state index in [2.05, 4.69) is 15.4 Å². The summed E-state index contributed by atoms with van der Waals surface area (Å²) in [5, 5.41) is 6.87. The van der Waals surface area contributed by atoms with Crippen LogP contribution in [0, 0.1) is 3.57 Å². The minimum Gasteiger partial charge on any atom is -0.365 e. The summed E-state index contributed by atoms with van der Waals surface area (Å²) < 4.78 is 42.5. The molecule has 0 bridgehead atoms. The van der Waals surface area contributed by atoms with Crippen molar-refractivity contribution in [3.63, 3.8) is 0 Å². The van der Waals surface area contributed by atoms with Gasteiger partial charge >= 0.3 is 6.18 Å². The number of aryl methyl sites for hydroxylation is 1. The van der Waals surface area contributed by atoms with Crippen molar-refractivity contribution in [1.29, 1.82) is 0 Å². The smallest absolute Gasteiger partial charge is 0.365 e. The standard InChI is InChI=1S/C20H13F3IN5O2S/c1-29-15(11(24)8-26-29)18(31)28-14-13-10(9-5-3-2-4-6-9)7-12(20(21,22)23)27-19(13)32-16(14)17(25)30/h2-8H,1H3,(H2,25,30)(H,28,31). The molecule has 3 aromatic heterocycles. The van der Waals surface area contributed by atoms with Crippen LogP contribution in [0.25, 0.3) is 21.3 Å². The van der Waals surface area contributed by atoms with Crippen molar-refractivity contribution in [3.8, 4) is 11.1 Å². The maximum Gasteiger partial charge on any atom is 0.433 e. The first kappa shape index (κ1) is 22.2. The zero-order chi connectivity index (χ0) is 23.2. The summed E-state index contributed by atoms with van der Waals surface area (Å²) in [6.45, 7) is 0. The van der Waals surface area contributed by atoms with E-state index in [1.54, 1.807) is 37.4 Å². The van der Waals surface area contributed by atoms with Crippen molar-refractivity contribution in [2.75, 3.05) is 5.32 Å². The van der Waals surface area contributed by atoms with Gasteiger partial charge in [-0.2, -0.15) is 18.3 Å². The maximum atomic E-state index is 13.5. The highest BCUT2D eigenvalue weighted by molar-refractivity contribution is 14.1. The van der Waals surface area contributed by atoms with Gasteiger partial charge in [0.05, 0.1) is 15.5 Å². The SMILES string of the molecule is Cn1ncc(I)c1C(=O)Nc1c(C(N)=O)sc2nc(C(F)(F)F)cc(-c3ccccc3)c12. The average Bonchev–Trinajstić information content (AvgIpc) is 3.27. The number of hydrogen-bond acceptors (Lipinski definition) is 5. The first-order valence-electron chi connectivity index (χ1n) is 8.96. The lowest BCUT2D eigenvalue weighted by atomic mass is 10.0. The van der Waals surface area contributed by atoms with E-state index < -0.39 is 23.7 Å². The molecule has 0 aliphatic rings. The molecular weight excluding hydrogens is 558 g/mol. The highest BCUT2D eigenvalue weighted by Crippen LogP contribution is 2.43. The summed E-state index contributed by atoms with van der Waals surface area (Å²) in [6, 6.07) is 9.23. The van der Waals surface area contributed by atoms with E-state index in [-0.39, 0.29) is 32.0 Å². The lowest BCUT2D eigenvalue weighted by Gasteiger charge is -2.12. The van der Waals surface area contributed by atoms with Crippen molar-refractivity contribution in [2.24, 2.45) is 12.8 Å². The third-order valence-corrected chi connectivity index (χ3v) is 6.50. The fourth-order valence-corrected chi connectivity index (χ4v) is 4.95. The second-order valence-electron chi connectivity index (χ2n) is 6.69. The summed E-state index contributed by atoms with van der Waals surface area (Å²) in [7, 11) is 1.57. The molecule has 3 heterocycles. The van der Waals surface area contributed by atoms with Crippen LogP contribution in [0.2, 0.25) is 0 Å². The molecule has 0 spiro atoms. The van der Waals surface area contributed by atoms with E-state index in [0.29, 0.717) is 20.5 Å². The Bertz CT molecular complexity index is 1350. The van der Waals surface area contributed by atoms with Crippen LogP contribution < -0.4 is 11.1 Å². The van der Waals surface area contributed by atoms with Crippen molar-refractivity contribution in [2.45, 2.75) is 6.18 Å². The number of anilines is 1. The van der Waals surface area contributed by atoms with E-state index in [1.807, 2.05) is 22.6 Å². The first-order valence-corrected chi connectivity index (χ1v) is 10.9. The normalized spacial score (nSPS) is 11.7. The Labute approximate surface area is 196 Å². The van der Waals surface area contributed by atoms with Gasteiger partial charge in [0.1, 0.15) is 21.1 Å². The number of amides is 2. The zero-order valence-electron chi connectivity index (χ0n) is 16.2. The highest BCUT2D eigenvalue weighted by Gasteiger charge is 2.35. The fraction of sp³-hybridized carbons (Fsp3) is 0.100. The molecule has 0 aliphatic carbocycles. The lowest BCUT2D eigenvalue weighted by molar-refractivity contribution is -0.140. The summed E-state index contributed by atoms with van der Waals surface area (Å²) in [5.41, 5.74) is 5.25.